The molecule has 1 aliphatic heterocycles. The van der Waals surface area contributed by atoms with Crippen LogP contribution in [-0.4, -0.2) is 35.9 Å². The molecule has 4 rings (SSSR count). The predicted molar refractivity (Wildman–Crippen MR) is 95.9 cm³/mol. The van der Waals surface area contributed by atoms with Gasteiger partial charge in [-0.15, -0.1) is 10.2 Å². The highest BCUT2D eigenvalue weighted by molar-refractivity contribution is 5.92. The molecule has 138 valence electrons. The van der Waals surface area contributed by atoms with Gasteiger partial charge in [0.2, 0.25) is 12.3 Å². The normalized spacial score (nSPS) is 12.9. The number of aromatic nitrogens is 2. The molecule has 2 aromatic carbocycles. The second-order valence-corrected chi connectivity index (χ2v) is 5.82. The lowest BCUT2D eigenvalue weighted by molar-refractivity contribution is -0.118. The van der Waals surface area contributed by atoms with Crippen molar-refractivity contribution in [3.05, 3.63) is 48.9 Å². The van der Waals surface area contributed by atoms with E-state index in [2.05, 4.69) is 15.5 Å². The third kappa shape index (κ3) is 4.17. The van der Waals surface area contributed by atoms with Crippen LogP contribution in [0.5, 0.6) is 17.2 Å². The standard InChI is InChI=1S/C19H17N3O5/c23-18(21-14-4-7-16-17(10-14)25-9-1-8-24-16)11-26-15-5-2-13(3-6-15)19-22-20-12-27-19/h2-7,10,12H,1,8-9,11H2,(H,21,23). The van der Waals surface area contributed by atoms with Crippen molar-refractivity contribution in [2.75, 3.05) is 25.1 Å². The predicted octanol–water partition coefficient (Wildman–Crippen LogP) is 2.92. The van der Waals surface area contributed by atoms with Crippen LogP contribution in [0, 0.1) is 0 Å². The van der Waals surface area contributed by atoms with Crippen LogP contribution in [0.2, 0.25) is 0 Å². The number of carbonyl (C=O) groups is 1. The average molecular weight is 367 g/mol. The Bertz CT molecular complexity index is 910. The molecule has 0 unspecified atom stereocenters. The van der Waals surface area contributed by atoms with Crippen LogP contribution >= 0.6 is 0 Å². The van der Waals surface area contributed by atoms with Gasteiger partial charge in [-0.1, -0.05) is 0 Å². The second-order valence-electron chi connectivity index (χ2n) is 5.82. The lowest BCUT2D eigenvalue weighted by atomic mass is 10.2. The third-order valence-electron chi connectivity index (χ3n) is 3.86. The molecular weight excluding hydrogens is 350 g/mol. The summed E-state index contributed by atoms with van der Waals surface area (Å²) in [6, 6.07) is 12.3. The van der Waals surface area contributed by atoms with Crippen molar-refractivity contribution in [2.45, 2.75) is 6.42 Å². The summed E-state index contributed by atoms with van der Waals surface area (Å²) < 4.78 is 21.8. The van der Waals surface area contributed by atoms with Gasteiger partial charge >= 0.3 is 0 Å². The molecule has 1 amide bonds. The lowest BCUT2D eigenvalue weighted by Gasteiger charge is -2.11. The van der Waals surface area contributed by atoms with Crippen LogP contribution in [0.4, 0.5) is 5.69 Å². The summed E-state index contributed by atoms with van der Waals surface area (Å²) in [4.78, 5) is 12.1. The number of nitrogens with zero attached hydrogens (tertiary/aromatic N) is 2. The Balaban J connectivity index is 1.32. The van der Waals surface area contributed by atoms with Gasteiger partial charge in [0.25, 0.3) is 5.91 Å². The Morgan fingerprint density at radius 2 is 1.89 bits per heavy atom. The van der Waals surface area contributed by atoms with Crippen LogP contribution < -0.4 is 19.5 Å². The first-order valence-electron chi connectivity index (χ1n) is 8.47. The molecule has 0 aliphatic carbocycles. The maximum absolute atomic E-state index is 12.1. The second kappa shape index (κ2) is 7.77. The fourth-order valence-corrected chi connectivity index (χ4v) is 2.58. The number of benzene rings is 2. The van der Waals surface area contributed by atoms with Crippen LogP contribution in [0.3, 0.4) is 0 Å². The minimum atomic E-state index is -0.273. The maximum atomic E-state index is 12.1. The fraction of sp³-hybridized carbons (Fsp3) is 0.211. The number of fused-ring (bicyclic) bond motifs is 1. The number of hydrogen-bond donors (Lipinski definition) is 1. The Labute approximate surface area is 155 Å². The third-order valence-corrected chi connectivity index (χ3v) is 3.86. The Morgan fingerprint density at radius 1 is 1.07 bits per heavy atom. The summed E-state index contributed by atoms with van der Waals surface area (Å²) in [5.74, 6) is 2.03. The number of nitrogens with one attached hydrogen (secondary N) is 1. The van der Waals surface area contributed by atoms with E-state index >= 15 is 0 Å². The van der Waals surface area contributed by atoms with Crippen molar-refractivity contribution in [3.8, 4) is 28.7 Å². The minimum Gasteiger partial charge on any atom is -0.490 e. The SMILES string of the molecule is O=C(COc1ccc(-c2nnco2)cc1)Nc1ccc2c(c1)OCCCO2. The first-order valence-corrected chi connectivity index (χ1v) is 8.47. The van der Waals surface area contributed by atoms with E-state index in [1.165, 1.54) is 6.39 Å². The highest BCUT2D eigenvalue weighted by atomic mass is 16.5. The number of ether oxygens (including phenoxy) is 3. The summed E-state index contributed by atoms with van der Waals surface area (Å²) in [6.07, 6.45) is 2.10. The zero-order valence-electron chi connectivity index (χ0n) is 14.4. The van der Waals surface area contributed by atoms with E-state index < -0.39 is 0 Å². The first-order chi connectivity index (χ1) is 13.3. The van der Waals surface area contributed by atoms with E-state index in [0.29, 0.717) is 42.0 Å². The number of carbonyl (C=O) groups excluding carboxylic acids is 1. The van der Waals surface area contributed by atoms with E-state index in [4.69, 9.17) is 18.6 Å². The summed E-state index contributed by atoms with van der Waals surface area (Å²) in [6.45, 7) is 1.10. The number of amides is 1. The molecule has 8 heteroatoms. The highest BCUT2D eigenvalue weighted by Crippen LogP contribution is 2.32. The summed E-state index contributed by atoms with van der Waals surface area (Å²) in [5, 5.41) is 10.3. The molecule has 0 fully saturated rings. The van der Waals surface area contributed by atoms with Gasteiger partial charge in [0, 0.05) is 23.7 Å². The number of hydrogen-bond acceptors (Lipinski definition) is 7. The van der Waals surface area contributed by atoms with Gasteiger partial charge in [-0.05, 0) is 36.4 Å². The van der Waals surface area contributed by atoms with Crippen LogP contribution in [-0.2, 0) is 4.79 Å². The van der Waals surface area contributed by atoms with Crippen LogP contribution in [0.1, 0.15) is 6.42 Å². The van der Waals surface area contributed by atoms with Gasteiger partial charge in [0.1, 0.15) is 5.75 Å². The van der Waals surface area contributed by atoms with Crippen molar-refractivity contribution in [3.63, 3.8) is 0 Å². The van der Waals surface area contributed by atoms with Gasteiger partial charge in [-0.2, -0.15) is 0 Å². The van der Waals surface area contributed by atoms with Crippen LogP contribution in [0.15, 0.2) is 53.3 Å². The molecule has 0 radical (unpaired) electrons. The minimum absolute atomic E-state index is 0.117. The molecule has 1 N–H and O–H groups in total. The molecule has 0 saturated heterocycles. The summed E-state index contributed by atoms with van der Waals surface area (Å²) in [5.41, 5.74) is 1.40. The lowest BCUT2D eigenvalue weighted by Crippen LogP contribution is -2.20. The van der Waals surface area contributed by atoms with Gasteiger partial charge in [-0.3, -0.25) is 4.79 Å². The fourth-order valence-electron chi connectivity index (χ4n) is 2.58. The smallest absolute Gasteiger partial charge is 0.262 e. The van der Waals surface area contributed by atoms with Crippen molar-refractivity contribution >= 4 is 11.6 Å². The molecule has 2 heterocycles. The Hall–Kier alpha value is -3.55. The van der Waals surface area contributed by atoms with E-state index in [1.807, 2.05) is 0 Å². The first kappa shape index (κ1) is 16.9. The zero-order valence-corrected chi connectivity index (χ0v) is 14.4. The van der Waals surface area contributed by atoms with E-state index in [1.54, 1.807) is 42.5 Å². The topological polar surface area (TPSA) is 95.7 Å². The summed E-state index contributed by atoms with van der Waals surface area (Å²) in [7, 11) is 0. The molecular formula is C19H17N3O5. The highest BCUT2D eigenvalue weighted by Gasteiger charge is 2.12. The Kier molecular flexibility index (Phi) is 4.86. The molecule has 27 heavy (non-hydrogen) atoms. The van der Waals surface area contributed by atoms with E-state index in [-0.39, 0.29) is 12.5 Å². The molecule has 8 nitrogen and oxygen atoms in total. The average Bonchev–Trinajstić information content (AvgIpc) is 3.13. The summed E-state index contributed by atoms with van der Waals surface area (Å²) >= 11 is 0. The largest absolute Gasteiger partial charge is 0.490 e. The Morgan fingerprint density at radius 3 is 2.67 bits per heavy atom. The molecule has 0 saturated carbocycles. The molecule has 3 aromatic rings. The molecule has 0 bridgehead atoms. The van der Waals surface area contributed by atoms with Crippen molar-refractivity contribution < 1.29 is 23.4 Å². The van der Waals surface area contributed by atoms with Crippen molar-refractivity contribution in [2.24, 2.45) is 0 Å². The van der Waals surface area contributed by atoms with Crippen molar-refractivity contribution in [1.82, 2.24) is 10.2 Å². The van der Waals surface area contributed by atoms with E-state index in [0.717, 1.165) is 12.0 Å². The van der Waals surface area contributed by atoms with Gasteiger partial charge in [0.15, 0.2) is 18.1 Å². The monoisotopic (exact) mass is 367 g/mol. The molecule has 0 spiro atoms. The van der Waals surface area contributed by atoms with Gasteiger partial charge in [0.05, 0.1) is 13.2 Å². The van der Waals surface area contributed by atoms with Crippen molar-refractivity contribution in [1.29, 1.82) is 0 Å². The number of rotatable bonds is 5. The maximum Gasteiger partial charge on any atom is 0.262 e. The number of anilines is 1. The van der Waals surface area contributed by atoms with Gasteiger partial charge < -0.3 is 23.9 Å². The van der Waals surface area contributed by atoms with Crippen LogP contribution in [0.25, 0.3) is 11.5 Å². The quantitative estimate of drug-likeness (QED) is 0.741. The van der Waals surface area contributed by atoms with E-state index in [9.17, 15) is 4.79 Å². The molecule has 1 aliphatic rings. The van der Waals surface area contributed by atoms with Gasteiger partial charge in [-0.25, -0.2) is 0 Å². The molecule has 1 aromatic heterocycles. The zero-order chi connectivity index (χ0) is 18.5. The molecule has 0 atom stereocenters.